The van der Waals surface area contributed by atoms with Crippen molar-refractivity contribution in [3.8, 4) is 17.3 Å². The molecule has 4 rings (SSSR count). The van der Waals surface area contributed by atoms with Gasteiger partial charge >= 0.3 is 0 Å². The number of pyridine rings is 1. The van der Waals surface area contributed by atoms with Crippen molar-refractivity contribution in [3.63, 3.8) is 0 Å². The molecule has 0 saturated heterocycles. The second-order valence-electron chi connectivity index (χ2n) is 6.46. The standard InChI is InChI=1S/C20H17FN6O2/c1-12(14-3-5-16(21)6-4-14)24-19(28)17-10-27(11-23-17)18-9-15(7-8-22-18)20-25-13(2)26-29-20/h3-12H,1-2H3,(H,24,28)/t12-/m0/s1. The molecule has 0 fully saturated rings. The first-order valence-electron chi connectivity index (χ1n) is 8.87. The van der Waals surface area contributed by atoms with Crippen LogP contribution in [-0.2, 0) is 0 Å². The molecule has 1 amide bonds. The van der Waals surface area contributed by atoms with Crippen molar-refractivity contribution in [2.45, 2.75) is 19.9 Å². The van der Waals surface area contributed by atoms with Gasteiger partial charge < -0.3 is 9.84 Å². The number of benzene rings is 1. The molecule has 0 spiro atoms. The third kappa shape index (κ3) is 4.03. The summed E-state index contributed by atoms with van der Waals surface area (Å²) in [4.78, 5) is 25.2. The summed E-state index contributed by atoms with van der Waals surface area (Å²) < 4.78 is 19.9. The van der Waals surface area contributed by atoms with Crippen LogP contribution in [-0.4, -0.2) is 30.6 Å². The van der Waals surface area contributed by atoms with Gasteiger partial charge in [0.1, 0.15) is 23.7 Å². The van der Waals surface area contributed by atoms with Gasteiger partial charge in [0.2, 0.25) is 0 Å². The number of nitrogens with one attached hydrogen (secondary N) is 1. The van der Waals surface area contributed by atoms with Gasteiger partial charge in [-0.25, -0.2) is 14.4 Å². The maximum atomic E-state index is 13.1. The molecule has 1 atom stereocenters. The Bertz CT molecular complexity index is 1150. The van der Waals surface area contributed by atoms with Crippen LogP contribution < -0.4 is 5.32 Å². The van der Waals surface area contributed by atoms with E-state index in [2.05, 4.69) is 25.4 Å². The van der Waals surface area contributed by atoms with Gasteiger partial charge in [0.15, 0.2) is 5.82 Å². The summed E-state index contributed by atoms with van der Waals surface area (Å²) in [6.45, 7) is 3.56. The average molecular weight is 392 g/mol. The van der Waals surface area contributed by atoms with Crippen LogP contribution in [0.5, 0.6) is 0 Å². The second-order valence-corrected chi connectivity index (χ2v) is 6.46. The molecule has 1 N–H and O–H groups in total. The van der Waals surface area contributed by atoms with Crippen molar-refractivity contribution in [1.82, 2.24) is 30.0 Å². The highest BCUT2D eigenvalue weighted by atomic mass is 19.1. The van der Waals surface area contributed by atoms with E-state index in [1.807, 2.05) is 6.92 Å². The van der Waals surface area contributed by atoms with Crippen LogP contribution in [0.3, 0.4) is 0 Å². The van der Waals surface area contributed by atoms with Crippen molar-refractivity contribution in [3.05, 3.63) is 78.0 Å². The number of halogens is 1. The molecule has 0 unspecified atom stereocenters. The monoisotopic (exact) mass is 392 g/mol. The number of aryl methyl sites for hydroxylation is 1. The van der Waals surface area contributed by atoms with Crippen LogP contribution in [0, 0.1) is 12.7 Å². The molecule has 4 aromatic rings. The highest BCUT2D eigenvalue weighted by Gasteiger charge is 2.15. The Labute approximate surface area is 165 Å². The first-order valence-corrected chi connectivity index (χ1v) is 8.87. The first-order chi connectivity index (χ1) is 14.0. The molecule has 0 aliphatic heterocycles. The summed E-state index contributed by atoms with van der Waals surface area (Å²) in [5, 5.41) is 6.63. The van der Waals surface area contributed by atoms with Crippen LogP contribution in [0.4, 0.5) is 4.39 Å². The molecule has 0 radical (unpaired) electrons. The summed E-state index contributed by atoms with van der Waals surface area (Å²) >= 11 is 0. The van der Waals surface area contributed by atoms with E-state index < -0.39 is 0 Å². The van der Waals surface area contributed by atoms with E-state index in [-0.39, 0.29) is 23.5 Å². The quantitative estimate of drug-likeness (QED) is 0.560. The lowest BCUT2D eigenvalue weighted by atomic mass is 10.1. The number of hydrogen-bond acceptors (Lipinski definition) is 6. The largest absolute Gasteiger partial charge is 0.344 e. The van der Waals surface area contributed by atoms with Crippen molar-refractivity contribution in [1.29, 1.82) is 0 Å². The number of carbonyl (C=O) groups is 1. The fraction of sp³-hybridized carbons (Fsp3) is 0.150. The SMILES string of the molecule is Cc1noc(-c2ccnc(-n3cnc(C(=O)N[C@@H](C)c4ccc(F)cc4)c3)c2)n1. The predicted molar refractivity (Wildman–Crippen MR) is 102 cm³/mol. The van der Waals surface area contributed by atoms with Crippen molar-refractivity contribution in [2.24, 2.45) is 0 Å². The third-order valence-electron chi connectivity index (χ3n) is 4.32. The number of nitrogens with zero attached hydrogens (tertiary/aromatic N) is 5. The molecule has 3 aromatic heterocycles. The van der Waals surface area contributed by atoms with Crippen LogP contribution in [0.25, 0.3) is 17.3 Å². The molecule has 0 bridgehead atoms. The normalized spacial score (nSPS) is 12.0. The Kier molecular flexibility index (Phi) is 4.86. The summed E-state index contributed by atoms with van der Waals surface area (Å²) in [7, 11) is 0. The first kappa shape index (κ1) is 18.5. The summed E-state index contributed by atoms with van der Waals surface area (Å²) in [6, 6.07) is 9.20. The minimum absolute atomic E-state index is 0.236. The van der Waals surface area contributed by atoms with Gasteiger partial charge in [-0.05, 0) is 43.7 Å². The van der Waals surface area contributed by atoms with E-state index in [1.165, 1.54) is 18.5 Å². The number of carbonyl (C=O) groups excluding carboxylic acids is 1. The Hall–Kier alpha value is -3.88. The highest BCUT2D eigenvalue weighted by Crippen LogP contribution is 2.19. The Balaban J connectivity index is 1.51. The topological polar surface area (TPSA) is 98.7 Å². The third-order valence-corrected chi connectivity index (χ3v) is 4.32. The molecule has 9 heteroatoms. The van der Waals surface area contributed by atoms with E-state index in [1.54, 1.807) is 48.1 Å². The maximum Gasteiger partial charge on any atom is 0.271 e. The molecule has 1 aromatic carbocycles. The van der Waals surface area contributed by atoms with Gasteiger partial charge in [-0.15, -0.1) is 0 Å². The lowest BCUT2D eigenvalue weighted by Gasteiger charge is -2.13. The Morgan fingerprint density at radius 2 is 2.00 bits per heavy atom. The van der Waals surface area contributed by atoms with Crippen LogP contribution >= 0.6 is 0 Å². The van der Waals surface area contributed by atoms with Gasteiger partial charge in [0, 0.05) is 18.0 Å². The maximum absolute atomic E-state index is 13.1. The minimum Gasteiger partial charge on any atom is -0.344 e. The lowest BCUT2D eigenvalue weighted by Crippen LogP contribution is -2.26. The average Bonchev–Trinajstić information content (AvgIpc) is 3.38. The van der Waals surface area contributed by atoms with Crippen molar-refractivity contribution in [2.75, 3.05) is 0 Å². The Morgan fingerprint density at radius 3 is 2.72 bits per heavy atom. The van der Waals surface area contributed by atoms with Crippen molar-refractivity contribution >= 4 is 5.91 Å². The van der Waals surface area contributed by atoms with E-state index in [4.69, 9.17) is 4.52 Å². The predicted octanol–water partition coefficient (Wildman–Crippen LogP) is 3.26. The van der Waals surface area contributed by atoms with Gasteiger partial charge in [0.05, 0.1) is 6.04 Å². The zero-order valence-corrected chi connectivity index (χ0v) is 15.7. The number of hydrogen-bond donors (Lipinski definition) is 1. The molecule has 146 valence electrons. The fourth-order valence-electron chi connectivity index (χ4n) is 2.78. The molecule has 3 heterocycles. The van der Waals surface area contributed by atoms with Gasteiger partial charge in [-0.1, -0.05) is 17.3 Å². The van der Waals surface area contributed by atoms with Gasteiger partial charge in [0.25, 0.3) is 11.8 Å². The zero-order chi connectivity index (χ0) is 20.4. The van der Waals surface area contributed by atoms with Gasteiger partial charge in [-0.2, -0.15) is 4.98 Å². The molecule has 29 heavy (non-hydrogen) atoms. The summed E-state index contributed by atoms with van der Waals surface area (Å²) in [5.74, 6) is 0.810. The van der Waals surface area contributed by atoms with E-state index in [0.717, 1.165) is 5.56 Å². The van der Waals surface area contributed by atoms with Crippen LogP contribution in [0.15, 0.2) is 59.6 Å². The molecule has 0 aliphatic carbocycles. The molecular weight excluding hydrogens is 375 g/mol. The van der Waals surface area contributed by atoms with Crippen molar-refractivity contribution < 1.29 is 13.7 Å². The number of aromatic nitrogens is 5. The second kappa shape index (κ2) is 7.63. The smallest absolute Gasteiger partial charge is 0.271 e. The minimum atomic E-state index is -0.343. The summed E-state index contributed by atoms with van der Waals surface area (Å²) in [6.07, 6.45) is 4.70. The molecule has 8 nitrogen and oxygen atoms in total. The van der Waals surface area contributed by atoms with E-state index >= 15 is 0 Å². The Morgan fingerprint density at radius 1 is 1.21 bits per heavy atom. The molecular formula is C20H17FN6O2. The van der Waals surface area contributed by atoms with Gasteiger partial charge in [-0.3, -0.25) is 9.36 Å². The zero-order valence-electron chi connectivity index (χ0n) is 15.7. The lowest BCUT2D eigenvalue weighted by molar-refractivity contribution is 0.0935. The molecule has 0 aliphatic rings. The molecule has 0 saturated carbocycles. The van der Waals surface area contributed by atoms with Crippen LogP contribution in [0.2, 0.25) is 0 Å². The number of rotatable bonds is 5. The number of amides is 1. The van der Waals surface area contributed by atoms with E-state index in [0.29, 0.717) is 23.1 Å². The highest BCUT2D eigenvalue weighted by molar-refractivity contribution is 5.92. The number of imidazole rings is 1. The fourth-order valence-corrected chi connectivity index (χ4v) is 2.78. The van der Waals surface area contributed by atoms with Crippen LogP contribution in [0.1, 0.15) is 34.8 Å². The van der Waals surface area contributed by atoms with E-state index in [9.17, 15) is 9.18 Å². The summed E-state index contributed by atoms with van der Waals surface area (Å²) in [5.41, 5.74) is 1.74.